The highest BCUT2D eigenvalue weighted by molar-refractivity contribution is 6.30. The molecule has 1 amide bonds. The van der Waals surface area contributed by atoms with Crippen LogP contribution in [0.3, 0.4) is 0 Å². The van der Waals surface area contributed by atoms with Crippen molar-refractivity contribution in [3.05, 3.63) is 107 Å². The van der Waals surface area contributed by atoms with Crippen molar-refractivity contribution in [3.63, 3.8) is 0 Å². The van der Waals surface area contributed by atoms with E-state index in [1.807, 2.05) is 55.5 Å². The van der Waals surface area contributed by atoms with Crippen LogP contribution in [0.15, 0.2) is 90.0 Å². The standard InChI is InChI=1S/C23H21ClN2O/c1-17(25-26-22(27)16-18-12-14-21(24)15-13-18)23(19-8-4-2-5-9-19)20-10-6-3-7-11-20/h2-15,23H,16H2,1H3,(H,26,27)/b25-17+. The van der Waals surface area contributed by atoms with Gasteiger partial charge < -0.3 is 0 Å². The molecule has 27 heavy (non-hydrogen) atoms. The first-order valence-electron chi connectivity index (χ1n) is 8.81. The summed E-state index contributed by atoms with van der Waals surface area (Å²) in [4.78, 5) is 12.2. The summed E-state index contributed by atoms with van der Waals surface area (Å²) in [6.45, 7) is 1.94. The Labute approximate surface area is 164 Å². The van der Waals surface area contributed by atoms with E-state index in [0.717, 1.165) is 22.4 Å². The largest absolute Gasteiger partial charge is 0.273 e. The zero-order valence-electron chi connectivity index (χ0n) is 15.1. The second-order valence-corrected chi connectivity index (χ2v) is 6.78. The van der Waals surface area contributed by atoms with Gasteiger partial charge in [0.2, 0.25) is 5.91 Å². The molecule has 0 aliphatic carbocycles. The fourth-order valence-electron chi connectivity index (χ4n) is 3.01. The Bertz CT molecular complexity index is 867. The van der Waals surface area contributed by atoms with E-state index in [1.165, 1.54) is 0 Å². The molecule has 1 N–H and O–H groups in total. The predicted octanol–water partition coefficient (Wildman–Crippen LogP) is 5.21. The number of hydrazone groups is 1. The second kappa shape index (κ2) is 9.15. The van der Waals surface area contributed by atoms with Crippen LogP contribution in [0, 0.1) is 0 Å². The number of halogens is 1. The van der Waals surface area contributed by atoms with E-state index >= 15 is 0 Å². The molecule has 0 saturated heterocycles. The lowest BCUT2D eigenvalue weighted by atomic mass is 9.88. The van der Waals surface area contributed by atoms with Crippen molar-refractivity contribution >= 4 is 23.2 Å². The summed E-state index contributed by atoms with van der Waals surface area (Å²) in [6, 6.07) is 27.6. The smallest absolute Gasteiger partial charge is 0.244 e. The van der Waals surface area contributed by atoms with Crippen LogP contribution >= 0.6 is 11.6 Å². The summed E-state index contributed by atoms with van der Waals surface area (Å²) in [6.07, 6.45) is 0.259. The molecule has 0 fully saturated rings. The fraction of sp³-hybridized carbons (Fsp3) is 0.130. The van der Waals surface area contributed by atoms with Gasteiger partial charge in [-0.25, -0.2) is 5.43 Å². The van der Waals surface area contributed by atoms with Gasteiger partial charge in [0.15, 0.2) is 0 Å². The van der Waals surface area contributed by atoms with Gasteiger partial charge in [-0.05, 0) is 35.7 Å². The lowest BCUT2D eigenvalue weighted by Gasteiger charge is -2.18. The molecular weight excluding hydrogens is 356 g/mol. The van der Waals surface area contributed by atoms with E-state index in [4.69, 9.17) is 11.6 Å². The lowest BCUT2D eigenvalue weighted by Crippen LogP contribution is -2.23. The molecule has 0 aliphatic rings. The number of benzene rings is 3. The van der Waals surface area contributed by atoms with Gasteiger partial charge in [0.1, 0.15) is 0 Å². The maximum atomic E-state index is 12.2. The predicted molar refractivity (Wildman–Crippen MR) is 111 cm³/mol. The van der Waals surface area contributed by atoms with E-state index in [-0.39, 0.29) is 18.2 Å². The van der Waals surface area contributed by atoms with Crippen LogP contribution in [0.25, 0.3) is 0 Å². The molecule has 0 aromatic heterocycles. The average Bonchev–Trinajstić information content (AvgIpc) is 2.70. The van der Waals surface area contributed by atoms with E-state index in [0.29, 0.717) is 5.02 Å². The number of carbonyl (C=O) groups excluding carboxylic acids is 1. The first kappa shape index (κ1) is 18.9. The van der Waals surface area contributed by atoms with Crippen molar-refractivity contribution in [1.82, 2.24) is 5.43 Å². The van der Waals surface area contributed by atoms with Crippen LogP contribution in [-0.2, 0) is 11.2 Å². The number of nitrogens with one attached hydrogen (secondary N) is 1. The highest BCUT2D eigenvalue weighted by atomic mass is 35.5. The molecule has 0 atom stereocenters. The summed E-state index contributed by atoms with van der Waals surface area (Å²) in [5.74, 6) is -0.167. The van der Waals surface area contributed by atoms with Crippen LogP contribution in [0.5, 0.6) is 0 Å². The van der Waals surface area contributed by atoms with E-state index < -0.39 is 0 Å². The molecule has 0 spiro atoms. The van der Waals surface area contributed by atoms with Crippen molar-refractivity contribution in [2.75, 3.05) is 0 Å². The molecule has 136 valence electrons. The lowest BCUT2D eigenvalue weighted by molar-refractivity contribution is -0.120. The van der Waals surface area contributed by atoms with E-state index in [1.54, 1.807) is 12.1 Å². The van der Waals surface area contributed by atoms with Crippen molar-refractivity contribution in [2.45, 2.75) is 19.3 Å². The molecule has 3 rings (SSSR count). The molecule has 0 saturated carbocycles. The van der Waals surface area contributed by atoms with Crippen LogP contribution in [0.2, 0.25) is 5.02 Å². The van der Waals surface area contributed by atoms with Crippen molar-refractivity contribution < 1.29 is 4.79 Å². The number of hydrogen-bond donors (Lipinski definition) is 1. The molecule has 0 aliphatic heterocycles. The average molecular weight is 377 g/mol. The normalized spacial score (nSPS) is 11.4. The SMILES string of the molecule is C/C(=N\NC(=O)Cc1ccc(Cl)cc1)C(c1ccccc1)c1ccccc1. The summed E-state index contributed by atoms with van der Waals surface area (Å²) >= 11 is 5.88. The van der Waals surface area contributed by atoms with Gasteiger partial charge in [-0.1, -0.05) is 84.4 Å². The maximum Gasteiger partial charge on any atom is 0.244 e. The Morgan fingerprint density at radius 2 is 1.41 bits per heavy atom. The monoisotopic (exact) mass is 376 g/mol. The highest BCUT2D eigenvalue weighted by Gasteiger charge is 2.17. The van der Waals surface area contributed by atoms with Gasteiger partial charge in [-0.3, -0.25) is 4.79 Å². The van der Waals surface area contributed by atoms with Gasteiger partial charge in [-0.15, -0.1) is 0 Å². The third-order valence-electron chi connectivity index (χ3n) is 4.32. The molecular formula is C23H21ClN2O. The highest BCUT2D eigenvalue weighted by Crippen LogP contribution is 2.26. The molecule has 0 bridgehead atoms. The minimum atomic E-state index is -0.156. The topological polar surface area (TPSA) is 41.5 Å². The van der Waals surface area contributed by atoms with E-state index in [2.05, 4.69) is 34.8 Å². The third kappa shape index (κ3) is 5.28. The minimum absolute atomic E-state index is 0.0109. The van der Waals surface area contributed by atoms with Crippen molar-refractivity contribution in [1.29, 1.82) is 0 Å². The second-order valence-electron chi connectivity index (χ2n) is 6.35. The number of carbonyl (C=O) groups is 1. The van der Waals surface area contributed by atoms with Crippen LogP contribution < -0.4 is 5.43 Å². The van der Waals surface area contributed by atoms with Gasteiger partial charge in [0.05, 0.1) is 6.42 Å². The van der Waals surface area contributed by atoms with Crippen molar-refractivity contribution in [2.24, 2.45) is 5.10 Å². The first-order chi connectivity index (χ1) is 13.1. The molecule has 3 nitrogen and oxygen atoms in total. The number of hydrogen-bond acceptors (Lipinski definition) is 2. The zero-order chi connectivity index (χ0) is 19.1. The minimum Gasteiger partial charge on any atom is -0.273 e. The summed E-state index contributed by atoms with van der Waals surface area (Å²) < 4.78 is 0. The Hall–Kier alpha value is -2.91. The quantitative estimate of drug-likeness (QED) is 0.466. The molecule has 0 unspecified atom stereocenters. The van der Waals surface area contributed by atoms with Gasteiger partial charge in [0.25, 0.3) is 0 Å². The molecule has 3 aromatic carbocycles. The summed E-state index contributed by atoms with van der Waals surface area (Å²) in [7, 11) is 0. The van der Waals surface area contributed by atoms with Crippen LogP contribution in [-0.4, -0.2) is 11.6 Å². The number of nitrogens with zero attached hydrogens (tertiary/aromatic N) is 1. The molecule has 4 heteroatoms. The van der Waals surface area contributed by atoms with Gasteiger partial charge >= 0.3 is 0 Å². The Kier molecular flexibility index (Phi) is 6.39. The van der Waals surface area contributed by atoms with E-state index in [9.17, 15) is 4.79 Å². The number of amides is 1. The summed E-state index contributed by atoms with van der Waals surface area (Å²) in [5, 5.41) is 5.04. The van der Waals surface area contributed by atoms with Crippen molar-refractivity contribution in [3.8, 4) is 0 Å². The first-order valence-corrected chi connectivity index (χ1v) is 9.18. The molecule has 0 radical (unpaired) electrons. The molecule has 0 heterocycles. The van der Waals surface area contributed by atoms with Crippen LogP contribution in [0.1, 0.15) is 29.5 Å². The van der Waals surface area contributed by atoms with Crippen LogP contribution in [0.4, 0.5) is 0 Å². The Morgan fingerprint density at radius 1 is 0.889 bits per heavy atom. The number of rotatable bonds is 6. The maximum absolute atomic E-state index is 12.2. The summed E-state index contributed by atoms with van der Waals surface area (Å²) in [5.41, 5.74) is 6.68. The zero-order valence-corrected chi connectivity index (χ0v) is 15.9. The Morgan fingerprint density at radius 3 is 1.93 bits per heavy atom. The van der Waals surface area contributed by atoms with Gasteiger partial charge in [-0.2, -0.15) is 5.10 Å². The molecule has 3 aromatic rings. The fourth-order valence-corrected chi connectivity index (χ4v) is 3.13. The van der Waals surface area contributed by atoms with Gasteiger partial charge in [0, 0.05) is 16.7 Å². The third-order valence-corrected chi connectivity index (χ3v) is 4.57. The Balaban J connectivity index is 1.76.